The molecule has 4 rings (SSSR count). The van der Waals surface area contributed by atoms with Gasteiger partial charge in [0.25, 0.3) is 0 Å². The highest BCUT2D eigenvalue weighted by atomic mass is 15.0. The SMILES string of the molecule is Cc1cc(C)cc(-n2c3ccc(C)cc3c3cc(C)ccc32)c1. The Bertz CT molecular complexity index is 971. The average molecular weight is 299 g/mol. The zero-order valence-corrected chi connectivity index (χ0v) is 14.1. The molecular formula is C22H21N. The number of benzene rings is 3. The van der Waals surface area contributed by atoms with Crippen molar-refractivity contribution in [3.05, 3.63) is 76.9 Å². The Labute approximate surface area is 137 Å². The molecule has 0 saturated carbocycles. The summed E-state index contributed by atoms with van der Waals surface area (Å²) in [5, 5.41) is 2.67. The molecule has 0 amide bonds. The molecule has 1 heterocycles. The third kappa shape index (κ3) is 2.24. The molecule has 1 aromatic heterocycles. The molecule has 1 heteroatoms. The number of hydrogen-bond acceptors (Lipinski definition) is 0. The first-order chi connectivity index (χ1) is 11.0. The summed E-state index contributed by atoms with van der Waals surface area (Å²) in [6.07, 6.45) is 0. The van der Waals surface area contributed by atoms with E-state index in [1.807, 2.05) is 0 Å². The summed E-state index contributed by atoms with van der Waals surface area (Å²) in [6.45, 7) is 8.65. The molecule has 0 bridgehead atoms. The third-order valence-electron chi connectivity index (χ3n) is 4.54. The lowest BCUT2D eigenvalue weighted by Gasteiger charge is -2.10. The van der Waals surface area contributed by atoms with Crippen LogP contribution in [-0.2, 0) is 0 Å². The minimum absolute atomic E-state index is 1.25. The number of hydrogen-bond donors (Lipinski definition) is 0. The minimum atomic E-state index is 1.25. The largest absolute Gasteiger partial charge is 0.309 e. The predicted octanol–water partition coefficient (Wildman–Crippen LogP) is 6.02. The van der Waals surface area contributed by atoms with Crippen molar-refractivity contribution in [2.24, 2.45) is 0 Å². The Hall–Kier alpha value is -2.54. The Morgan fingerprint density at radius 1 is 0.522 bits per heavy atom. The van der Waals surface area contributed by atoms with E-state index in [0.29, 0.717) is 0 Å². The van der Waals surface area contributed by atoms with Gasteiger partial charge in [-0.2, -0.15) is 0 Å². The average Bonchev–Trinajstić information content (AvgIpc) is 2.79. The zero-order valence-electron chi connectivity index (χ0n) is 14.1. The monoisotopic (exact) mass is 299 g/mol. The van der Waals surface area contributed by atoms with Gasteiger partial charge in [0, 0.05) is 16.5 Å². The van der Waals surface area contributed by atoms with Crippen LogP contribution in [0.25, 0.3) is 27.5 Å². The van der Waals surface area contributed by atoms with Crippen molar-refractivity contribution in [3.8, 4) is 5.69 Å². The van der Waals surface area contributed by atoms with Crippen molar-refractivity contribution in [1.29, 1.82) is 0 Å². The second-order valence-corrected chi connectivity index (χ2v) is 6.72. The quantitative estimate of drug-likeness (QED) is 0.405. The maximum atomic E-state index is 2.39. The molecule has 3 aromatic carbocycles. The fourth-order valence-electron chi connectivity index (χ4n) is 3.61. The topological polar surface area (TPSA) is 4.93 Å². The molecule has 0 unspecified atom stereocenters. The van der Waals surface area contributed by atoms with Gasteiger partial charge in [0.05, 0.1) is 11.0 Å². The van der Waals surface area contributed by atoms with E-state index < -0.39 is 0 Å². The first-order valence-corrected chi connectivity index (χ1v) is 8.13. The van der Waals surface area contributed by atoms with Crippen LogP contribution in [0.4, 0.5) is 0 Å². The molecule has 23 heavy (non-hydrogen) atoms. The van der Waals surface area contributed by atoms with Gasteiger partial charge in [-0.1, -0.05) is 29.3 Å². The van der Waals surface area contributed by atoms with E-state index in [2.05, 4.69) is 86.9 Å². The van der Waals surface area contributed by atoms with Crippen LogP contribution in [0.5, 0.6) is 0 Å². The molecule has 114 valence electrons. The van der Waals surface area contributed by atoms with Crippen molar-refractivity contribution in [2.45, 2.75) is 27.7 Å². The fraction of sp³-hybridized carbons (Fsp3) is 0.182. The number of rotatable bonds is 1. The van der Waals surface area contributed by atoms with Gasteiger partial charge in [-0.15, -0.1) is 0 Å². The number of aromatic nitrogens is 1. The maximum Gasteiger partial charge on any atom is 0.0541 e. The van der Waals surface area contributed by atoms with Crippen LogP contribution < -0.4 is 0 Å². The van der Waals surface area contributed by atoms with Crippen LogP contribution >= 0.6 is 0 Å². The summed E-state index contributed by atoms with van der Waals surface area (Å²) in [5.74, 6) is 0. The first kappa shape index (κ1) is 14.1. The summed E-state index contributed by atoms with van der Waals surface area (Å²) in [7, 11) is 0. The van der Waals surface area contributed by atoms with Crippen LogP contribution in [0.3, 0.4) is 0 Å². The van der Waals surface area contributed by atoms with E-state index in [4.69, 9.17) is 0 Å². The highest BCUT2D eigenvalue weighted by Gasteiger charge is 2.12. The van der Waals surface area contributed by atoms with Crippen molar-refractivity contribution in [1.82, 2.24) is 4.57 Å². The second-order valence-electron chi connectivity index (χ2n) is 6.72. The van der Waals surface area contributed by atoms with E-state index in [1.165, 1.54) is 49.7 Å². The Kier molecular flexibility index (Phi) is 3.05. The lowest BCUT2D eigenvalue weighted by molar-refractivity contribution is 1.16. The minimum Gasteiger partial charge on any atom is -0.309 e. The van der Waals surface area contributed by atoms with E-state index in [0.717, 1.165) is 0 Å². The van der Waals surface area contributed by atoms with Gasteiger partial charge >= 0.3 is 0 Å². The summed E-state index contributed by atoms with van der Waals surface area (Å²) < 4.78 is 2.39. The summed E-state index contributed by atoms with van der Waals surface area (Å²) in [4.78, 5) is 0. The summed E-state index contributed by atoms with van der Waals surface area (Å²) >= 11 is 0. The van der Waals surface area contributed by atoms with Gasteiger partial charge in [0.15, 0.2) is 0 Å². The van der Waals surface area contributed by atoms with Crippen LogP contribution in [-0.4, -0.2) is 4.57 Å². The lowest BCUT2D eigenvalue weighted by atomic mass is 10.1. The van der Waals surface area contributed by atoms with Gasteiger partial charge in [0.1, 0.15) is 0 Å². The van der Waals surface area contributed by atoms with Gasteiger partial charge in [0.2, 0.25) is 0 Å². The molecule has 4 aromatic rings. The molecule has 0 radical (unpaired) electrons. The number of aryl methyl sites for hydroxylation is 4. The van der Waals surface area contributed by atoms with Crippen LogP contribution in [0, 0.1) is 27.7 Å². The van der Waals surface area contributed by atoms with Gasteiger partial charge < -0.3 is 4.57 Å². The van der Waals surface area contributed by atoms with Gasteiger partial charge in [-0.05, 0) is 75.2 Å². The highest BCUT2D eigenvalue weighted by Crippen LogP contribution is 2.33. The van der Waals surface area contributed by atoms with Crippen molar-refractivity contribution in [2.75, 3.05) is 0 Å². The fourth-order valence-corrected chi connectivity index (χ4v) is 3.61. The van der Waals surface area contributed by atoms with Crippen molar-refractivity contribution >= 4 is 21.8 Å². The molecule has 0 fully saturated rings. The van der Waals surface area contributed by atoms with E-state index in [9.17, 15) is 0 Å². The smallest absolute Gasteiger partial charge is 0.0541 e. The third-order valence-corrected chi connectivity index (χ3v) is 4.54. The molecule has 0 saturated heterocycles. The molecule has 0 aliphatic heterocycles. The number of nitrogens with zero attached hydrogens (tertiary/aromatic N) is 1. The van der Waals surface area contributed by atoms with Crippen LogP contribution in [0.2, 0.25) is 0 Å². The van der Waals surface area contributed by atoms with Crippen molar-refractivity contribution in [3.63, 3.8) is 0 Å². The first-order valence-electron chi connectivity index (χ1n) is 8.13. The molecule has 0 aliphatic carbocycles. The van der Waals surface area contributed by atoms with E-state index in [1.54, 1.807) is 0 Å². The van der Waals surface area contributed by atoms with E-state index in [-0.39, 0.29) is 0 Å². The molecule has 0 aliphatic rings. The van der Waals surface area contributed by atoms with E-state index >= 15 is 0 Å². The predicted molar refractivity (Wildman–Crippen MR) is 99.7 cm³/mol. The molecule has 0 spiro atoms. The van der Waals surface area contributed by atoms with Gasteiger partial charge in [-0.25, -0.2) is 0 Å². The molecule has 0 atom stereocenters. The summed E-state index contributed by atoms with van der Waals surface area (Å²) in [5.41, 5.74) is 9.01. The standard InChI is InChI=1S/C22H21N/c1-14-5-7-21-19(12-14)20-13-15(2)6-8-22(20)23(21)18-10-16(3)9-17(4)11-18/h5-13H,1-4H3. The normalized spacial score (nSPS) is 11.5. The zero-order chi connectivity index (χ0) is 16.1. The van der Waals surface area contributed by atoms with Crippen LogP contribution in [0.15, 0.2) is 54.6 Å². The second kappa shape index (κ2) is 4.99. The molecular weight excluding hydrogens is 278 g/mol. The Morgan fingerprint density at radius 2 is 1.00 bits per heavy atom. The van der Waals surface area contributed by atoms with Crippen LogP contribution in [0.1, 0.15) is 22.3 Å². The highest BCUT2D eigenvalue weighted by molar-refractivity contribution is 6.09. The lowest BCUT2D eigenvalue weighted by Crippen LogP contribution is -1.95. The Balaban J connectivity index is 2.19. The maximum absolute atomic E-state index is 2.39. The Morgan fingerprint density at radius 3 is 1.48 bits per heavy atom. The molecule has 1 nitrogen and oxygen atoms in total. The van der Waals surface area contributed by atoms with Gasteiger partial charge in [-0.3, -0.25) is 0 Å². The molecule has 0 N–H and O–H groups in total. The number of fused-ring (bicyclic) bond motifs is 3. The summed E-state index contributed by atoms with van der Waals surface area (Å²) in [6, 6.07) is 20.3. The van der Waals surface area contributed by atoms with Crippen molar-refractivity contribution < 1.29 is 0 Å².